The van der Waals surface area contributed by atoms with Gasteiger partial charge in [0.25, 0.3) is 5.91 Å². The third-order valence-electron chi connectivity index (χ3n) is 1.16. The van der Waals surface area contributed by atoms with Crippen LogP contribution in [0.2, 0.25) is 0 Å². The van der Waals surface area contributed by atoms with E-state index in [1.165, 1.54) is 19.4 Å². The lowest BCUT2D eigenvalue weighted by molar-refractivity contribution is 0.0958. The molecule has 0 saturated heterocycles. The Kier molecular flexibility index (Phi) is 2.06. The Morgan fingerprint density at radius 2 is 2.64 bits per heavy atom. The molecule has 0 aliphatic heterocycles. The van der Waals surface area contributed by atoms with Crippen molar-refractivity contribution >= 4 is 12.0 Å². The van der Waals surface area contributed by atoms with Crippen LogP contribution in [0.5, 0.6) is 0 Å². The summed E-state index contributed by atoms with van der Waals surface area (Å²) in [5, 5.41) is 2.42. The Morgan fingerprint density at radius 3 is 3.09 bits per heavy atom. The average Bonchev–Trinajstić information content (AvgIpc) is 2.50. The van der Waals surface area contributed by atoms with E-state index in [0.29, 0.717) is 5.89 Å². The summed E-state index contributed by atoms with van der Waals surface area (Å²) in [4.78, 5) is 14.7. The minimum atomic E-state index is -0.262. The maximum absolute atomic E-state index is 10.9. The van der Waals surface area contributed by atoms with Gasteiger partial charge in [-0.3, -0.25) is 4.79 Å². The Bertz CT molecular complexity index is 278. The molecule has 0 atom stereocenters. The van der Waals surface area contributed by atoms with E-state index >= 15 is 0 Å². The molecule has 11 heavy (non-hydrogen) atoms. The van der Waals surface area contributed by atoms with Crippen molar-refractivity contribution < 1.29 is 9.21 Å². The van der Waals surface area contributed by atoms with Crippen LogP contribution in [0.4, 0.5) is 0 Å². The first-order valence-corrected chi connectivity index (χ1v) is 3.08. The monoisotopic (exact) mass is 152 g/mol. The quantitative estimate of drug-likeness (QED) is 0.677. The van der Waals surface area contributed by atoms with Gasteiger partial charge in [-0.25, -0.2) is 4.98 Å². The molecule has 1 rings (SSSR count). The van der Waals surface area contributed by atoms with Crippen molar-refractivity contribution in [2.24, 2.45) is 0 Å². The predicted molar refractivity (Wildman–Crippen MR) is 40.0 cm³/mol. The SMILES string of the molecule is C=Cc1nc(C(=O)NC)co1. The van der Waals surface area contributed by atoms with Gasteiger partial charge in [-0.05, 0) is 6.08 Å². The van der Waals surface area contributed by atoms with Crippen molar-refractivity contribution in [3.05, 3.63) is 24.4 Å². The largest absolute Gasteiger partial charge is 0.444 e. The van der Waals surface area contributed by atoms with Crippen LogP contribution in [0, 0.1) is 0 Å². The number of nitrogens with zero attached hydrogens (tertiary/aromatic N) is 1. The van der Waals surface area contributed by atoms with E-state index in [-0.39, 0.29) is 11.6 Å². The van der Waals surface area contributed by atoms with Crippen molar-refractivity contribution in [3.8, 4) is 0 Å². The molecule has 0 radical (unpaired) electrons. The summed E-state index contributed by atoms with van der Waals surface area (Å²) in [6.07, 6.45) is 2.72. The van der Waals surface area contributed by atoms with Crippen LogP contribution >= 0.6 is 0 Å². The summed E-state index contributed by atoms with van der Waals surface area (Å²) in [6.45, 7) is 3.44. The van der Waals surface area contributed by atoms with Gasteiger partial charge < -0.3 is 9.73 Å². The standard InChI is InChI=1S/C7H8N2O2/c1-3-6-9-5(4-11-6)7(10)8-2/h3-4H,1H2,2H3,(H,8,10). The predicted octanol–water partition coefficient (Wildman–Crippen LogP) is 0.677. The summed E-state index contributed by atoms with van der Waals surface area (Å²) in [5.41, 5.74) is 0.266. The number of hydrogen-bond acceptors (Lipinski definition) is 3. The number of nitrogens with one attached hydrogen (secondary N) is 1. The van der Waals surface area contributed by atoms with Gasteiger partial charge in [0.15, 0.2) is 5.69 Å². The average molecular weight is 152 g/mol. The zero-order valence-corrected chi connectivity index (χ0v) is 6.13. The molecule has 0 aromatic carbocycles. The molecule has 0 aliphatic carbocycles. The molecule has 4 nitrogen and oxygen atoms in total. The van der Waals surface area contributed by atoms with Gasteiger partial charge in [-0.2, -0.15) is 0 Å². The van der Waals surface area contributed by atoms with Crippen molar-refractivity contribution in [1.82, 2.24) is 10.3 Å². The van der Waals surface area contributed by atoms with Crippen molar-refractivity contribution in [2.75, 3.05) is 7.05 Å². The number of carbonyl (C=O) groups is 1. The molecule has 0 saturated carbocycles. The maximum atomic E-state index is 10.9. The van der Waals surface area contributed by atoms with Gasteiger partial charge in [0.1, 0.15) is 6.26 Å². The van der Waals surface area contributed by atoms with Gasteiger partial charge in [0.2, 0.25) is 5.89 Å². The van der Waals surface area contributed by atoms with Crippen LogP contribution in [0.3, 0.4) is 0 Å². The molecule has 0 spiro atoms. The number of aromatic nitrogens is 1. The highest BCUT2D eigenvalue weighted by Gasteiger charge is 2.07. The zero-order chi connectivity index (χ0) is 8.27. The van der Waals surface area contributed by atoms with Crippen molar-refractivity contribution in [3.63, 3.8) is 0 Å². The molecule has 1 amide bonds. The lowest BCUT2D eigenvalue weighted by Gasteiger charge is -1.88. The van der Waals surface area contributed by atoms with Crippen LogP contribution in [0.1, 0.15) is 16.4 Å². The van der Waals surface area contributed by atoms with Gasteiger partial charge in [-0.15, -0.1) is 0 Å². The van der Waals surface area contributed by atoms with E-state index in [9.17, 15) is 4.79 Å². The summed E-state index contributed by atoms with van der Waals surface area (Å²) in [5.74, 6) is 0.0884. The van der Waals surface area contributed by atoms with Crippen LogP contribution in [0.25, 0.3) is 6.08 Å². The maximum Gasteiger partial charge on any atom is 0.272 e. The van der Waals surface area contributed by atoms with Gasteiger partial charge in [0.05, 0.1) is 0 Å². The van der Waals surface area contributed by atoms with E-state index in [1.54, 1.807) is 0 Å². The van der Waals surface area contributed by atoms with E-state index in [1.807, 2.05) is 0 Å². The number of rotatable bonds is 2. The first-order valence-electron chi connectivity index (χ1n) is 3.08. The Balaban J connectivity index is 2.88. The van der Waals surface area contributed by atoms with Gasteiger partial charge in [0, 0.05) is 7.05 Å². The third-order valence-corrected chi connectivity index (χ3v) is 1.16. The van der Waals surface area contributed by atoms with Gasteiger partial charge >= 0.3 is 0 Å². The highest BCUT2D eigenvalue weighted by Crippen LogP contribution is 2.01. The number of hydrogen-bond donors (Lipinski definition) is 1. The van der Waals surface area contributed by atoms with E-state index in [4.69, 9.17) is 4.42 Å². The second kappa shape index (κ2) is 3.01. The van der Waals surface area contributed by atoms with Crippen LogP contribution in [-0.4, -0.2) is 17.9 Å². The number of amides is 1. The van der Waals surface area contributed by atoms with E-state index in [2.05, 4.69) is 16.9 Å². The molecule has 4 heteroatoms. The highest BCUT2D eigenvalue weighted by atomic mass is 16.3. The molecular formula is C7H8N2O2. The fourth-order valence-corrected chi connectivity index (χ4v) is 0.614. The van der Waals surface area contributed by atoms with Gasteiger partial charge in [-0.1, -0.05) is 6.58 Å². The van der Waals surface area contributed by atoms with Crippen molar-refractivity contribution in [1.29, 1.82) is 0 Å². The molecule has 0 unspecified atom stereocenters. The summed E-state index contributed by atoms with van der Waals surface area (Å²) in [7, 11) is 1.53. The van der Waals surface area contributed by atoms with E-state index < -0.39 is 0 Å². The fraction of sp³-hybridized carbons (Fsp3) is 0.143. The number of oxazole rings is 1. The minimum absolute atomic E-state index is 0.262. The second-order valence-electron chi connectivity index (χ2n) is 1.85. The molecule has 1 aromatic heterocycles. The Hall–Kier alpha value is -1.58. The molecule has 1 aromatic rings. The summed E-state index contributed by atoms with van der Waals surface area (Å²) < 4.78 is 4.85. The van der Waals surface area contributed by atoms with Crippen LogP contribution in [-0.2, 0) is 0 Å². The Labute approximate surface area is 63.9 Å². The minimum Gasteiger partial charge on any atom is -0.444 e. The molecule has 58 valence electrons. The summed E-state index contributed by atoms with van der Waals surface area (Å²) in [6, 6.07) is 0. The number of carbonyl (C=O) groups excluding carboxylic acids is 1. The molecule has 0 fully saturated rings. The van der Waals surface area contributed by atoms with E-state index in [0.717, 1.165) is 0 Å². The zero-order valence-electron chi connectivity index (χ0n) is 6.13. The normalized spacial score (nSPS) is 9.18. The fourth-order valence-electron chi connectivity index (χ4n) is 0.614. The Morgan fingerprint density at radius 1 is 1.91 bits per heavy atom. The second-order valence-corrected chi connectivity index (χ2v) is 1.85. The van der Waals surface area contributed by atoms with Crippen LogP contribution in [0.15, 0.2) is 17.3 Å². The van der Waals surface area contributed by atoms with Crippen LogP contribution < -0.4 is 5.32 Å². The first-order chi connectivity index (χ1) is 5.27. The lowest BCUT2D eigenvalue weighted by Crippen LogP contribution is -2.17. The third kappa shape index (κ3) is 1.46. The van der Waals surface area contributed by atoms with Crippen molar-refractivity contribution in [2.45, 2.75) is 0 Å². The topological polar surface area (TPSA) is 55.1 Å². The molecule has 1 heterocycles. The lowest BCUT2D eigenvalue weighted by atomic mass is 10.4. The smallest absolute Gasteiger partial charge is 0.272 e. The molecule has 0 bridgehead atoms. The summed E-state index contributed by atoms with van der Waals surface area (Å²) >= 11 is 0. The highest BCUT2D eigenvalue weighted by molar-refractivity contribution is 5.91. The molecule has 1 N–H and O–H groups in total. The molecular weight excluding hydrogens is 144 g/mol. The first kappa shape index (κ1) is 7.53. The molecule has 0 aliphatic rings.